The summed E-state index contributed by atoms with van der Waals surface area (Å²) in [6, 6.07) is 4.67. The zero-order valence-electron chi connectivity index (χ0n) is 14.4. The number of nitrogens with one attached hydrogen (secondary N) is 1. The minimum Gasteiger partial charge on any atom is -0.346 e. The van der Waals surface area contributed by atoms with Gasteiger partial charge in [0.15, 0.2) is 0 Å². The van der Waals surface area contributed by atoms with Crippen molar-refractivity contribution in [2.24, 2.45) is 7.05 Å². The minimum absolute atomic E-state index is 0.103. The van der Waals surface area contributed by atoms with Crippen LogP contribution in [-0.4, -0.2) is 25.0 Å². The third kappa shape index (κ3) is 3.81. The summed E-state index contributed by atoms with van der Waals surface area (Å²) < 4.78 is 39.7. The largest absolute Gasteiger partial charge is 0.416 e. The van der Waals surface area contributed by atoms with Gasteiger partial charge in [0.25, 0.3) is 0 Å². The van der Waals surface area contributed by atoms with Gasteiger partial charge in [-0.3, -0.25) is 4.68 Å². The lowest BCUT2D eigenvalue weighted by Crippen LogP contribution is -2.11. The summed E-state index contributed by atoms with van der Waals surface area (Å²) in [6.07, 6.45) is -1.06. The van der Waals surface area contributed by atoms with Crippen LogP contribution in [0.1, 0.15) is 29.8 Å². The molecule has 0 radical (unpaired) electrons. The second-order valence-electron chi connectivity index (χ2n) is 5.95. The van der Waals surface area contributed by atoms with Crippen LogP contribution in [0.5, 0.6) is 0 Å². The fourth-order valence-electron chi connectivity index (χ4n) is 2.65. The lowest BCUT2D eigenvalue weighted by Gasteiger charge is -2.13. The summed E-state index contributed by atoms with van der Waals surface area (Å²) in [5.41, 5.74) is 2.14. The van der Waals surface area contributed by atoms with E-state index in [-0.39, 0.29) is 12.0 Å². The molecule has 1 aromatic carbocycles. The van der Waals surface area contributed by atoms with Gasteiger partial charge in [-0.1, -0.05) is 12.1 Å². The number of anilines is 1. The molecule has 0 unspecified atom stereocenters. The zero-order valence-corrected chi connectivity index (χ0v) is 14.4. The summed E-state index contributed by atoms with van der Waals surface area (Å²) in [5, 5.41) is 15.3. The van der Waals surface area contributed by atoms with Crippen LogP contribution in [0.2, 0.25) is 0 Å². The third-order valence-electron chi connectivity index (χ3n) is 3.93. The van der Waals surface area contributed by atoms with Gasteiger partial charge in [0.1, 0.15) is 0 Å². The van der Waals surface area contributed by atoms with E-state index in [2.05, 4.69) is 25.6 Å². The molecule has 0 spiro atoms. The average molecular weight is 362 g/mol. The molecule has 2 aromatic heterocycles. The predicted octanol–water partition coefficient (Wildman–Crippen LogP) is 3.77. The summed E-state index contributed by atoms with van der Waals surface area (Å²) in [4.78, 5) is 4.34. The normalized spacial score (nSPS) is 12.8. The van der Waals surface area contributed by atoms with E-state index < -0.39 is 11.7 Å². The lowest BCUT2D eigenvalue weighted by molar-refractivity contribution is -0.137. The van der Waals surface area contributed by atoms with Crippen molar-refractivity contribution in [1.29, 1.82) is 0 Å². The molecule has 1 N–H and O–H groups in total. The molecule has 0 aliphatic carbocycles. The first-order valence-corrected chi connectivity index (χ1v) is 7.88. The highest BCUT2D eigenvalue weighted by Crippen LogP contribution is 2.30. The van der Waals surface area contributed by atoms with Gasteiger partial charge in [0, 0.05) is 24.4 Å². The van der Waals surface area contributed by atoms with Crippen LogP contribution in [0.25, 0.3) is 11.3 Å². The Hall–Kier alpha value is -2.97. The summed E-state index contributed by atoms with van der Waals surface area (Å²) >= 11 is 0. The van der Waals surface area contributed by atoms with Crippen molar-refractivity contribution in [3.63, 3.8) is 0 Å². The number of benzene rings is 1. The van der Waals surface area contributed by atoms with Gasteiger partial charge in [0.2, 0.25) is 5.95 Å². The number of nitrogens with zero attached hydrogens (tertiary/aromatic N) is 5. The monoisotopic (exact) mass is 362 g/mol. The summed E-state index contributed by atoms with van der Waals surface area (Å²) in [5.74, 6) is 0.290. The number of aryl methyl sites for hydroxylation is 2. The van der Waals surface area contributed by atoms with Crippen LogP contribution in [-0.2, 0) is 13.2 Å². The SMILES string of the molecule is Cc1nn(C)cc1[C@H](C)Nc1nncc(-c2ccc(C(F)(F)F)cc2)n1. The van der Waals surface area contributed by atoms with Crippen LogP contribution >= 0.6 is 0 Å². The second kappa shape index (κ2) is 6.74. The topological polar surface area (TPSA) is 68.5 Å². The molecule has 0 aliphatic heterocycles. The first-order valence-electron chi connectivity index (χ1n) is 7.88. The minimum atomic E-state index is -4.37. The molecule has 0 aliphatic rings. The molecule has 0 fully saturated rings. The van der Waals surface area contributed by atoms with Gasteiger partial charge in [-0.15, -0.1) is 5.10 Å². The van der Waals surface area contributed by atoms with Crippen molar-refractivity contribution in [1.82, 2.24) is 25.0 Å². The number of hydrogen-bond acceptors (Lipinski definition) is 5. The van der Waals surface area contributed by atoms with E-state index in [1.807, 2.05) is 27.1 Å². The molecule has 0 bridgehead atoms. The maximum Gasteiger partial charge on any atom is 0.416 e. The Morgan fingerprint density at radius 1 is 1.15 bits per heavy atom. The predicted molar refractivity (Wildman–Crippen MR) is 90.2 cm³/mol. The van der Waals surface area contributed by atoms with Gasteiger partial charge in [-0.25, -0.2) is 4.98 Å². The Balaban J connectivity index is 1.81. The summed E-state index contributed by atoms with van der Waals surface area (Å²) in [7, 11) is 1.84. The van der Waals surface area contributed by atoms with E-state index >= 15 is 0 Å². The molecule has 0 saturated heterocycles. The third-order valence-corrected chi connectivity index (χ3v) is 3.93. The van der Waals surface area contributed by atoms with E-state index in [9.17, 15) is 13.2 Å². The average Bonchev–Trinajstić information content (AvgIpc) is 2.93. The van der Waals surface area contributed by atoms with Crippen molar-refractivity contribution in [3.8, 4) is 11.3 Å². The van der Waals surface area contributed by atoms with E-state index in [1.165, 1.54) is 18.3 Å². The van der Waals surface area contributed by atoms with Gasteiger partial charge >= 0.3 is 6.18 Å². The molecule has 0 amide bonds. The highest BCUT2D eigenvalue weighted by atomic mass is 19.4. The first kappa shape index (κ1) is 17.8. The molecule has 0 saturated carbocycles. The van der Waals surface area contributed by atoms with E-state index in [1.54, 1.807) is 4.68 Å². The Morgan fingerprint density at radius 3 is 2.42 bits per heavy atom. The van der Waals surface area contributed by atoms with Crippen LogP contribution in [0, 0.1) is 6.92 Å². The smallest absolute Gasteiger partial charge is 0.346 e. The van der Waals surface area contributed by atoms with E-state index in [0.29, 0.717) is 11.3 Å². The maximum absolute atomic E-state index is 12.7. The molecule has 136 valence electrons. The molecule has 6 nitrogen and oxygen atoms in total. The zero-order chi connectivity index (χ0) is 18.9. The number of halogens is 3. The Kier molecular flexibility index (Phi) is 4.62. The second-order valence-corrected chi connectivity index (χ2v) is 5.95. The fraction of sp³-hybridized carbons (Fsp3) is 0.294. The molecule has 3 rings (SSSR count). The van der Waals surface area contributed by atoms with Crippen molar-refractivity contribution in [2.45, 2.75) is 26.1 Å². The van der Waals surface area contributed by atoms with Gasteiger partial charge in [-0.05, 0) is 26.0 Å². The molecule has 3 aromatic rings. The first-order chi connectivity index (χ1) is 12.2. The Labute approximate surface area is 148 Å². The standard InChI is InChI=1S/C17H17F3N6/c1-10(14-9-26(3)25-11(14)2)22-16-23-15(8-21-24-16)12-4-6-13(7-5-12)17(18,19)20/h4-10H,1-3H3,(H,22,23,24)/t10-/m0/s1. The van der Waals surface area contributed by atoms with Crippen LogP contribution in [0.3, 0.4) is 0 Å². The Bertz CT molecular complexity index is 902. The summed E-state index contributed by atoms with van der Waals surface area (Å²) in [6.45, 7) is 3.85. The highest BCUT2D eigenvalue weighted by Gasteiger charge is 2.30. The van der Waals surface area contributed by atoms with Gasteiger partial charge in [-0.2, -0.15) is 23.4 Å². The molecule has 2 heterocycles. The number of hydrogen-bond donors (Lipinski definition) is 1. The number of rotatable bonds is 4. The highest BCUT2D eigenvalue weighted by molar-refractivity contribution is 5.59. The Morgan fingerprint density at radius 2 is 1.85 bits per heavy atom. The molecule has 9 heteroatoms. The van der Waals surface area contributed by atoms with Crippen LogP contribution in [0.4, 0.5) is 19.1 Å². The van der Waals surface area contributed by atoms with Crippen molar-refractivity contribution >= 4 is 5.95 Å². The van der Waals surface area contributed by atoms with Gasteiger partial charge in [0.05, 0.1) is 29.2 Å². The quantitative estimate of drug-likeness (QED) is 0.765. The van der Waals surface area contributed by atoms with E-state index in [4.69, 9.17) is 0 Å². The fourth-order valence-corrected chi connectivity index (χ4v) is 2.65. The molecule has 1 atom stereocenters. The number of aromatic nitrogens is 5. The molecular weight excluding hydrogens is 345 g/mol. The number of alkyl halides is 3. The van der Waals surface area contributed by atoms with Crippen LogP contribution in [0.15, 0.2) is 36.7 Å². The van der Waals surface area contributed by atoms with Crippen molar-refractivity contribution in [2.75, 3.05) is 5.32 Å². The van der Waals surface area contributed by atoms with E-state index in [0.717, 1.165) is 23.4 Å². The molecular formula is C17H17F3N6. The van der Waals surface area contributed by atoms with Crippen LogP contribution < -0.4 is 5.32 Å². The lowest BCUT2D eigenvalue weighted by atomic mass is 10.1. The maximum atomic E-state index is 12.7. The van der Waals surface area contributed by atoms with Gasteiger partial charge < -0.3 is 5.32 Å². The van der Waals surface area contributed by atoms with Crippen molar-refractivity contribution < 1.29 is 13.2 Å². The van der Waals surface area contributed by atoms with Crippen molar-refractivity contribution in [3.05, 3.63) is 53.5 Å². The molecule has 26 heavy (non-hydrogen) atoms.